The van der Waals surface area contributed by atoms with Gasteiger partial charge in [0, 0.05) is 16.9 Å². The molecule has 0 saturated carbocycles. The van der Waals surface area contributed by atoms with E-state index in [2.05, 4.69) is 10.4 Å². The van der Waals surface area contributed by atoms with Crippen LogP contribution in [0.1, 0.15) is 15.9 Å². The number of alkyl halides is 2. The van der Waals surface area contributed by atoms with Gasteiger partial charge in [-0.05, 0) is 29.8 Å². The SMILES string of the molecule is NS(=O)(=O)c1cc(NC(=O)Cc2ccccc2Cl)ccc1-n1cc(C(=O)N2CC(F)(F)C2)cn1. The highest BCUT2D eigenvalue weighted by Crippen LogP contribution is 2.29. The molecule has 3 aromatic rings. The molecule has 2 heterocycles. The van der Waals surface area contributed by atoms with E-state index in [1.807, 2.05) is 0 Å². The number of hydrogen-bond acceptors (Lipinski definition) is 5. The zero-order chi connectivity index (χ0) is 24.7. The smallest absolute Gasteiger partial charge is 0.282 e. The molecule has 1 aromatic heterocycles. The lowest BCUT2D eigenvalue weighted by molar-refractivity contribution is -0.115. The number of anilines is 1. The fourth-order valence-electron chi connectivity index (χ4n) is 3.43. The average molecular weight is 510 g/mol. The number of likely N-dealkylation sites (tertiary alicyclic amines) is 1. The van der Waals surface area contributed by atoms with Crippen LogP contribution in [0.3, 0.4) is 0 Å². The van der Waals surface area contributed by atoms with E-state index >= 15 is 0 Å². The van der Waals surface area contributed by atoms with E-state index in [0.29, 0.717) is 10.6 Å². The molecule has 1 aliphatic heterocycles. The summed E-state index contributed by atoms with van der Waals surface area (Å²) in [7, 11) is -4.27. The minimum Gasteiger partial charge on any atom is -0.326 e. The maximum absolute atomic E-state index is 13.1. The van der Waals surface area contributed by atoms with E-state index < -0.39 is 40.8 Å². The highest BCUT2D eigenvalue weighted by atomic mass is 35.5. The zero-order valence-corrected chi connectivity index (χ0v) is 19.0. The fraction of sp³-hybridized carbons (Fsp3) is 0.190. The van der Waals surface area contributed by atoms with Crippen LogP contribution in [-0.2, 0) is 21.2 Å². The van der Waals surface area contributed by atoms with Crippen molar-refractivity contribution in [3.63, 3.8) is 0 Å². The van der Waals surface area contributed by atoms with Crippen LogP contribution < -0.4 is 10.5 Å². The van der Waals surface area contributed by atoms with Gasteiger partial charge in [-0.2, -0.15) is 5.10 Å². The van der Waals surface area contributed by atoms with Gasteiger partial charge in [0.15, 0.2) is 0 Å². The van der Waals surface area contributed by atoms with Crippen molar-refractivity contribution < 1.29 is 26.8 Å². The molecular formula is C21H18ClF2N5O4S. The Bertz CT molecular complexity index is 1390. The number of halogens is 3. The normalized spacial score (nSPS) is 15.0. The molecule has 0 atom stereocenters. The van der Waals surface area contributed by atoms with Gasteiger partial charge in [-0.15, -0.1) is 0 Å². The van der Waals surface area contributed by atoms with Gasteiger partial charge in [0.25, 0.3) is 11.8 Å². The summed E-state index contributed by atoms with van der Waals surface area (Å²) in [6.07, 6.45) is 2.33. The largest absolute Gasteiger partial charge is 0.326 e. The molecule has 178 valence electrons. The summed E-state index contributed by atoms with van der Waals surface area (Å²) in [6, 6.07) is 10.8. The van der Waals surface area contributed by atoms with Crippen LogP contribution in [0.2, 0.25) is 5.02 Å². The number of nitrogens with zero attached hydrogens (tertiary/aromatic N) is 3. The first kappa shape index (κ1) is 23.8. The van der Waals surface area contributed by atoms with Gasteiger partial charge in [0.2, 0.25) is 15.9 Å². The summed E-state index contributed by atoms with van der Waals surface area (Å²) in [5, 5.41) is 12.3. The molecule has 4 rings (SSSR count). The molecule has 13 heteroatoms. The van der Waals surface area contributed by atoms with E-state index in [0.717, 1.165) is 21.8 Å². The third-order valence-electron chi connectivity index (χ3n) is 5.07. The lowest BCUT2D eigenvalue weighted by Gasteiger charge is -2.38. The molecule has 0 radical (unpaired) electrons. The van der Waals surface area contributed by atoms with Gasteiger partial charge in [-0.3, -0.25) is 9.59 Å². The Hall–Kier alpha value is -3.35. The number of sulfonamides is 1. The first-order valence-electron chi connectivity index (χ1n) is 9.85. The average Bonchev–Trinajstić information content (AvgIpc) is 3.22. The molecule has 3 N–H and O–H groups in total. The molecule has 2 aromatic carbocycles. The van der Waals surface area contributed by atoms with Crippen LogP contribution >= 0.6 is 11.6 Å². The van der Waals surface area contributed by atoms with Crippen LogP contribution in [-0.4, -0.2) is 53.9 Å². The molecule has 1 aliphatic rings. The number of amides is 2. The quantitative estimate of drug-likeness (QED) is 0.527. The van der Waals surface area contributed by atoms with Gasteiger partial charge in [-0.25, -0.2) is 27.0 Å². The summed E-state index contributed by atoms with van der Waals surface area (Å²) in [5.74, 6) is -4.00. The topological polar surface area (TPSA) is 127 Å². The number of nitrogens with two attached hydrogens (primary N) is 1. The molecule has 9 nitrogen and oxygen atoms in total. The molecule has 0 spiro atoms. The summed E-state index contributed by atoms with van der Waals surface area (Å²) in [4.78, 5) is 25.3. The molecule has 2 amide bonds. The monoisotopic (exact) mass is 509 g/mol. The zero-order valence-electron chi connectivity index (χ0n) is 17.4. The van der Waals surface area contributed by atoms with Gasteiger partial charge in [0.05, 0.1) is 37.0 Å². The summed E-state index contributed by atoms with van der Waals surface area (Å²) < 4.78 is 51.7. The maximum Gasteiger partial charge on any atom is 0.282 e. The second kappa shape index (κ2) is 8.78. The Morgan fingerprint density at radius 2 is 1.88 bits per heavy atom. The van der Waals surface area contributed by atoms with E-state index in [1.54, 1.807) is 24.3 Å². The van der Waals surface area contributed by atoms with Crippen molar-refractivity contribution in [3.05, 3.63) is 71.0 Å². The minimum absolute atomic E-state index is 0.00740. The Morgan fingerprint density at radius 1 is 1.18 bits per heavy atom. The lowest BCUT2D eigenvalue weighted by atomic mass is 10.1. The van der Waals surface area contributed by atoms with Gasteiger partial charge in [-0.1, -0.05) is 29.8 Å². The summed E-state index contributed by atoms with van der Waals surface area (Å²) in [6.45, 7) is -1.38. The van der Waals surface area contributed by atoms with Crippen molar-refractivity contribution in [1.82, 2.24) is 14.7 Å². The van der Waals surface area contributed by atoms with Gasteiger partial charge in [0.1, 0.15) is 4.90 Å². The third kappa shape index (κ3) is 5.08. The third-order valence-corrected chi connectivity index (χ3v) is 6.38. The molecule has 0 bridgehead atoms. The van der Waals surface area contributed by atoms with Crippen molar-refractivity contribution in [2.24, 2.45) is 5.14 Å². The van der Waals surface area contributed by atoms with E-state index in [-0.39, 0.29) is 28.3 Å². The van der Waals surface area contributed by atoms with Crippen molar-refractivity contribution >= 4 is 39.1 Å². The first-order chi connectivity index (χ1) is 15.9. The van der Waals surface area contributed by atoms with Crippen LogP contribution in [0.25, 0.3) is 5.69 Å². The van der Waals surface area contributed by atoms with E-state index in [4.69, 9.17) is 16.7 Å². The van der Waals surface area contributed by atoms with Crippen LogP contribution in [0.5, 0.6) is 0 Å². The van der Waals surface area contributed by atoms with Crippen LogP contribution in [0.15, 0.2) is 59.8 Å². The second-order valence-electron chi connectivity index (χ2n) is 7.73. The number of carbonyl (C=O) groups is 2. The Kier molecular flexibility index (Phi) is 6.14. The highest BCUT2D eigenvalue weighted by Gasteiger charge is 2.46. The standard InChI is InChI=1S/C21H18ClF2N5O4S/c22-16-4-2-1-3-13(16)7-19(30)27-15-5-6-17(18(8-15)34(25,32)33)29-10-14(9-26-29)20(31)28-11-21(23,24)12-28/h1-6,8-10H,7,11-12H2,(H,27,30)(H2,25,32,33). The fourth-order valence-corrected chi connectivity index (χ4v) is 4.38. The van der Waals surface area contributed by atoms with Crippen molar-refractivity contribution in [1.29, 1.82) is 0 Å². The number of primary sulfonamides is 1. The number of aromatic nitrogens is 2. The summed E-state index contributed by atoms with van der Waals surface area (Å²) in [5.41, 5.74) is 0.780. The van der Waals surface area contributed by atoms with Crippen LogP contribution in [0, 0.1) is 0 Å². The van der Waals surface area contributed by atoms with E-state index in [9.17, 15) is 26.8 Å². The molecule has 0 aliphatic carbocycles. The van der Waals surface area contributed by atoms with Gasteiger partial charge < -0.3 is 10.2 Å². The molecule has 0 unspecified atom stereocenters. The number of benzene rings is 2. The Labute approximate surface area is 198 Å². The first-order valence-corrected chi connectivity index (χ1v) is 11.8. The highest BCUT2D eigenvalue weighted by molar-refractivity contribution is 7.89. The molecule has 1 fully saturated rings. The minimum atomic E-state index is -4.27. The number of nitrogens with one attached hydrogen (secondary N) is 1. The maximum atomic E-state index is 13.1. The summed E-state index contributed by atoms with van der Waals surface area (Å²) >= 11 is 6.07. The predicted molar refractivity (Wildman–Crippen MR) is 120 cm³/mol. The molecular weight excluding hydrogens is 492 g/mol. The lowest BCUT2D eigenvalue weighted by Crippen LogP contribution is -2.58. The Balaban J connectivity index is 1.56. The Morgan fingerprint density at radius 3 is 2.53 bits per heavy atom. The van der Waals surface area contributed by atoms with Crippen LogP contribution in [0.4, 0.5) is 14.5 Å². The van der Waals surface area contributed by atoms with Gasteiger partial charge >= 0.3 is 0 Å². The number of carbonyl (C=O) groups excluding carboxylic acids is 2. The number of rotatable bonds is 6. The van der Waals surface area contributed by atoms with Crippen molar-refractivity contribution in [2.75, 3.05) is 18.4 Å². The molecule has 34 heavy (non-hydrogen) atoms. The predicted octanol–water partition coefficient (Wildman–Crippen LogP) is 2.45. The van der Waals surface area contributed by atoms with Crippen molar-refractivity contribution in [2.45, 2.75) is 17.2 Å². The number of hydrogen-bond donors (Lipinski definition) is 2. The van der Waals surface area contributed by atoms with E-state index in [1.165, 1.54) is 18.3 Å². The second-order valence-corrected chi connectivity index (χ2v) is 9.67. The van der Waals surface area contributed by atoms with Crippen molar-refractivity contribution in [3.8, 4) is 5.69 Å². The molecule has 1 saturated heterocycles.